The van der Waals surface area contributed by atoms with E-state index < -0.39 is 4.92 Å². The molecule has 0 saturated carbocycles. The fourth-order valence-electron chi connectivity index (χ4n) is 1.93. The molecule has 0 aliphatic rings. The Bertz CT molecular complexity index is 555. The van der Waals surface area contributed by atoms with Gasteiger partial charge in [0, 0.05) is 6.42 Å². The summed E-state index contributed by atoms with van der Waals surface area (Å²) in [4.78, 5) is 32.4. The van der Waals surface area contributed by atoms with Gasteiger partial charge in [0.2, 0.25) is 0 Å². The van der Waals surface area contributed by atoms with Gasteiger partial charge in [0.1, 0.15) is 5.75 Å². The van der Waals surface area contributed by atoms with Crippen molar-refractivity contribution in [2.24, 2.45) is 0 Å². The molecule has 0 N–H and O–H groups in total. The molecule has 0 aromatic heterocycles. The second-order valence-corrected chi connectivity index (χ2v) is 4.66. The minimum Gasteiger partial charge on any atom is -0.493 e. The van der Waals surface area contributed by atoms with E-state index in [-0.39, 0.29) is 17.2 Å². The lowest BCUT2D eigenvalue weighted by Gasteiger charge is -2.08. The first-order valence-corrected chi connectivity index (χ1v) is 7.02. The Hall–Kier alpha value is -2.44. The van der Waals surface area contributed by atoms with Crippen LogP contribution in [0.25, 0.3) is 0 Å². The second-order valence-electron chi connectivity index (χ2n) is 4.66. The van der Waals surface area contributed by atoms with Crippen LogP contribution < -0.4 is 4.74 Å². The van der Waals surface area contributed by atoms with Gasteiger partial charge >= 0.3 is 5.97 Å². The van der Waals surface area contributed by atoms with Gasteiger partial charge < -0.3 is 9.47 Å². The number of nitrogens with zero attached hydrogens (tertiary/aromatic N) is 1. The molecule has 0 unspecified atom stereocenters. The number of aryl methyl sites for hydroxylation is 1. The van der Waals surface area contributed by atoms with Crippen LogP contribution in [-0.4, -0.2) is 30.4 Å². The van der Waals surface area contributed by atoms with Crippen LogP contribution in [0.2, 0.25) is 0 Å². The number of carbonyl (C=O) groups excluding carboxylic acids is 2. The Labute approximate surface area is 128 Å². The fraction of sp³-hybridized carbons (Fsp3) is 0.467. The molecule has 0 aliphatic heterocycles. The predicted molar refractivity (Wildman–Crippen MR) is 79.2 cm³/mol. The smallest absolute Gasteiger partial charge is 0.305 e. The summed E-state index contributed by atoms with van der Waals surface area (Å²) in [6, 6.07) is 2.82. The first-order valence-electron chi connectivity index (χ1n) is 7.02. The van der Waals surface area contributed by atoms with Crippen LogP contribution in [0.15, 0.2) is 12.1 Å². The highest BCUT2D eigenvalue weighted by atomic mass is 16.6. The molecule has 120 valence electrons. The summed E-state index contributed by atoms with van der Waals surface area (Å²) >= 11 is 0. The van der Waals surface area contributed by atoms with Crippen LogP contribution in [0.5, 0.6) is 5.75 Å². The molecule has 7 heteroatoms. The minimum atomic E-state index is -0.607. The monoisotopic (exact) mass is 309 g/mol. The molecule has 1 rings (SSSR count). The lowest BCUT2D eigenvalue weighted by Crippen LogP contribution is -2.05. The second kappa shape index (κ2) is 8.76. The van der Waals surface area contributed by atoms with E-state index in [2.05, 4.69) is 0 Å². The van der Waals surface area contributed by atoms with E-state index in [1.807, 2.05) is 0 Å². The molecule has 0 heterocycles. The minimum absolute atomic E-state index is 0.0552. The lowest BCUT2D eigenvalue weighted by molar-refractivity contribution is -0.385. The van der Waals surface area contributed by atoms with E-state index in [0.717, 1.165) is 0 Å². The highest BCUT2D eigenvalue weighted by Gasteiger charge is 2.17. The van der Waals surface area contributed by atoms with Gasteiger partial charge in [0.25, 0.3) is 5.69 Å². The first-order chi connectivity index (χ1) is 10.5. The van der Waals surface area contributed by atoms with Gasteiger partial charge in [-0.25, -0.2) is 0 Å². The Balaban J connectivity index is 2.55. The van der Waals surface area contributed by atoms with Crippen molar-refractivity contribution >= 4 is 17.9 Å². The van der Waals surface area contributed by atoms with Crippen LogP contribution in [-0.2, 0) is 9.53 Å². The zero-order valence-electron chi connectivity index (χ0n) is 12.7. The molecule has 0 atom stereocenters. The number of carbonyl (C=O) groups is 2. The Morgan fingerprint density at radius 1 is 1.36 bits per heavy atom. The van der Waals surface area contributed by atoms with Crippen molar-refractivity contribution in [2.45, 2.75) is 33.1 Å². The quantitative estimate of drug-likeness (QED) is 0.229. The number of rotatable bonds is 9. The van der Waals surface area contributed by atoms with Crippen LogP contribution in [0.3, 0.4) is 0 Å². The van der Waals surface area contributed by atoms with Gasteiger partial charge in [-0.05, 0) is 38.3 Å². The Morgan fingerprint density at radius 3 is 2.68 bits per heavy atom. The summed E-state index contributed by atoms with van der Waals surface area (Å²) in [6.45, 7) is 4.06. The number of nitro groups is 1. The van der Waals surface area contributed by atoms with E-state index in [1.165, 1.54) is 6.07 Å². The molecule has 0 amide bonds. The molecule has 0 radical (unpaired) electrons. The van der Waals surface area contributed by atoms with E-state index in [4.69, 9.17) is 9.47 Å². The Morgan fingerprint density at radius 2 is 2.09 bits per heavy atom. The highest BCUT2D eigenvalue weighted by molar-refractivity contribution is 5.84. The maximum absolute atomic E-state index is 11.1. The van der Waals surface area contributed by atoms with Gasteiger partial charge in [-0.3, -0.25) is 19.7 Å². The fourth-order valence-corrected chi connectivity index (χ4v) is 1.93. The summed E-state index contributed by atoms with van der Waals surface area (Å²) in [5.74, 6) is 0.0928. The first kappa shape index (κ1) is 17.6. The maximum atomic E-state index is 11.1. The number of unbranched alkanes of at least 4 members (excludes halogenated alkanes) is 1. The number of hydrogen-bond donors (Lipinski definition) is 0. The van der Waals surface area contributed by atoms with Crippen molar-refractivity contribution in [3.63, 3.8) is 0 Å². The zero-order valence-corrected chi connectivity index (χ0v) is 12.7. The summed E-state index contributed by atoms with van der Waals surface area (Å²) in [5, 5.41) is 10.9. The summed E-state index contributed by atoms with van der Waals surface area (Å²) in [7, 11) is 0. The molecule has 1 aromatic carbocycles. The third-order valence-corrected chi connectivity index (χ3v) is 3.00. The topological polar surface area (TPSA) is 95.7 Å². The average molecular weight is 309 g/mol. The van der Waals surface area contributed by atoms with Gasteiger partial charge in [0.15, 0.2) is 6.29 Å². The van der Waals surface area contributed by atoms with E-state index in [1.54, 1.807) is 19.9 Å². The zero-order chi connectivity index (χ0) is 16.5. The standard InChI is InChI=1S/C15H19NO6/c1-3-21-15(18)6-4-5-7-22-12-8-11(2)13(10-17)14(9-12)16(19)20/h8-10H,3-7H2,1-2H3. The molecular weight excluding hydrogens is 290 g/mol. The van der Waals surface area contributed by atoms with Crippen LogP contribution in [0, 0.1) is 17.0 Å². The predicted octanol–water partition coefficient (Wildman–Crippen LogP) is 2.83. The molecule has 0 spiro atoms. The number of aldehydes is 1. The highest BCUT2D eigenvalue weighted by Crippen LogP contribution is 2.27. The number of ether oxygens (including phenoxy) is 2. The molecule has 0 fully saturated rings. The third-order valence-electron chi connectivity index (χ3n) is 3.00. The number of nitro benzene ring substituents is 1. The van der Waals surface area contributed by atoms with Crippen LogP contribution >= 0.6 is 0 Å². The van der Waals surface area contributed by atoms with Gasteiger partial charge in [-0.2, -0.15) is 0 Å². The maximum Gasteiger partial charge on any atom is 0.305 e. The molecule has 22 heavy (non-hydrogen) atoms. The number of esters is 1. The molecule has 0 saturated heterocycles. The van der Waals surface area contributed by atoms with E-state index in [9.17, 15) is 19.7 Å². The summed E-state index contributed by atoms with van der Waals surface area (Å²) in [6.07, 6.45) is 2.03. The van der Waals surface area contributed by atoms with Crippen molar-refractivity contribution in [1.29, 1.82) is 0 Å². The SMILES string of the molecule is CCOC(=O)CCCCOc1cc(C)c(C=O)c([N+](=O)[O-])c1. The van der Waals surface area contributed by atoms with Crippen molar-refractivity contribution in [2.75, 3.05) is 13.2 Å². The van der Waals surface area contributed by atoms with Gasteiger partial charge in [-0.1, -0.05) is 0 Å². The molecule has 0 aliphatic carbocycles. The van der Waals surface area contributed by atoms with Crippen LogP contribution in [0.1, 0.15) is 42.1 Å². The number of hydrogen-bond acceptors (Lipinski definition) is 6. The van der Waals surface area contributed by atoms with Crippen molar-refractivity contribution in [1.82, 2.24) is 0 Å². The summed E-state index contributed by atoms with van der Waals surface area (Å²) in [5.41, 5.74) is 0.280. The lowest BCUT2D eigenvalue weighted by atomic mass is 10.1. The van der Waals surface area contributed by atoms with E-state index in [0.29, 0.717) is 50.1 Å². The average Bonchev–Trinajstić information content (AvgIpc) is 2.46. The van der Waals surface area contributed by atoms with Crippen molar-refractivity contribution < 1.29 is 24.0 Å². The largest absolute Gasteiger partial charge is 0.493 e. The van der Waals surface area contributed by atoms with Crippen molar-refractivity contribution in [3.05, 3.63) is 33.4 Å². The number of benzene rings is 1. The van der Waals surface area contributed by atoms with Crippen LogP contribution in [0.4, 0.5) is 5.69 Å². The van der Waals surface area contributed by atoms with Crippen molar-refractivity contribution in [3.8, 4) is 5.75 Å². The van der Waals surface area contributed by atoms with E-state index >= 15 is 0 Å². The summed E-state index contributed by atoms with van der Waals surface area (Å²) < 4.78 is 10.2. The van der Waals surface area contributed by atoms with Gasteiger partial charge in [-0.15, -0.1) is 0 Å². The van der Waals surface area contributed by atoms with Gasteiger partial charge in [0.05, 0.1) is 29.8 Å². The third kappa shape index (κ3) is 5.16. The normalized spacial score (nSPS) is 10.1. The molecular formula is C15H19NO6. The molecule has 0 bridgehead atoms. The molecule has 7 nitrogen and oxygen atoms in total. The molecule has 1 aromatic rings. The Kier molecular flexibility index (Phi) is 7.01.